The molecule has 0 atom stereocenters. The van der Waals surface area contributed by atoms with Gasteiger partial charge in [0.15, 0.2) is 5.96 Å². The smallest absolute Gasteiger partial charge is 0.212 e. The molecule has 12 heavy (non-hydrogen) atoms. The predicted octanol–water partition coefficient (Wildman–Crippen LogP) is 1.21. The molecule has 0 aliphatic rings. The molecule has 0 aromatic carbocycles. The lowest BCUT2D eigenvalue weighted by atomic mass is 10.6. The topological polar surface area (TPSA) is 77.3 Å². The third-order valence-electron chi connectivity index (χ3n) is 0.898. The largest absolute Gasteiger partial charge is 0.370 e. The molecule has 1 aromatic heterocycles. The quantitative estimate of drug-likeness (QED) is 0.452. The van der Waals surface area contributed by atoms with Gasteiger partial charge in [-0.3, -0.25) is 0 Å². The summed E-state index contributed by atoms with van der Waals surface area (Å²) in [7, 11) is 0. The van der Waals surface area contributed by atoms with Gasteiger partial charge in [-0.05, 0) is 0 Å². The highest BCUT2D eigenvalue weighted by molar-refractivity contribution is 7.15. The molecular formula is C5H8Cl2N4S. The number of alkyl halides is 1. The van der Waals surface area contributed by atoms with Crippen LogP contribution in [0.25, 0.3) is 0 Å². The van der Waals surface area contributed by atoms with E-state index >= 15 is 0 Å². The van der Waals surface area contributed by atoms with Gasteiger partial charge >= 0.3 is 0 Å². The van der Waals surface area contributed by atoms with Gasteiger partial charge in [-0.25, -0.2) is 4.98 Å². The molecule has 0 saturated heterocycles. The van der Waals surface area contributed by atoms with E-state index in [9.17, 15) is 0 Å². The Morgan fingerprint density at radius 3 is 2.75 bits per heavy atom. The van der Waals surface area contributed by atoms with Crippen molar-refractivity contribution >= 4 is 46.4 Å². The fourth-order valence-electron chi connectivity index (χ4n) is 0.521. The third-order valence-corrected chi connectivity index (χ3v) is 2.24. The summed E-state index contributed by atoms with van der Waals surface area (Å²) in [5, 5.41) is 0.542. The second-order valence-electron chi connectivity index (χ2n) is 1.78. The van der Waals surface area contributed by atoms with Gasteiger partial charge in [0.25, 0.3) is 0 Å². The third kappa shape index (κ3) is 3.25. The van der Waals surface area contributed by atoms with E-state index in [1.54, 1.807) is 6.20 Å². The zero-order chi connectivity index (χ0) is 8.27. The summed E-state index contributed by atoms with van der Waals surface area (Å²) in [6, 6.07) is 0. The Labute approximate surface area is 85.1 Å². The maximum Gasteiger partial charge on any atom is 0.212 e. The van der Waals surface area contributed by atoms with Crippen molar-refractivity contribution in [1.29, 1.82) is 0 Å². The van der Waals surface area contributed by atoms with Crippen LogP contribution in [0.15, 0.2) is 11.2 Å². The summed E-state index contributed by atoms with van der Waals surface area (Å²) in [6.45, 7) is 0. The number of aromatic nitrogens is 1. The van der Waals surface area contributed by atoms with E-state index in [0.717, 1.165) is 4.88 Å². The van der Waals surface area contributed by atoms with E-state index in [2.05, 4.69) is 9.98 Å². The summed E-state index contributed by atoms with van der Waals surface area (Å²) < 4.78 is 0. The molecule has 0 aliphatic carbocycles. The van der Waals surface area contributed by atoms with Crippen molar-refractivity contribution < 1.29 is 0 Å². The normalized spacial score (nSPS) is 8.75. The van der Waals surface area contributed by atoms with Crippen LogP contribution in [-0.2, 0) is 5.88 Å². The van der Waals surface area contributed by atoms with Crippen LogP contribution in [0.1, 0.15) is 4.88 Å². The molecule has 7 heteroatoms. The Hall–Kier alpha value is -0.520. The number of nitrogens with two attached hydrogens (primary N) is 2. The fourth-order valence-corrected chi connectivity index (χ4v) is 1.40. The number of halogens is 2. The van der Waals surface area contributed by atoms with Crippen molar-refractivity contribution in [2.45, 2.75) is 5.88 Å². The maximum atomic E-state index is 5.54. The number of guanidine groups is 1. The minimum atomic E-state index is 0. The van der Waals surface area contributed by atoms with Gasteiger partial charge in [-0.1, -0.05) is 11.3 Å². The second kappa shape index (κ2) is 5.18. The molecule has 0 radical (unpaired) electrons. The number of nitrogens with zero attached hydrogens (tertiary/aromatic N) is 2. The van der Waals surface area contributed by atoms with Crippen molar-refractivity contribution in [2.75, 3.05) is 0 Å². The van der Waals surface area contributed by atoms with Crippen molar-refractivity contribution in [2.24, 2.45) is 16.5 Å². The van der Waals surface area contributed by atoms with E-state index in [-0.39, 0.29) is 18.4 Å². The van der Waals surface area contributed by atoms with Crippen LogP contribution in [0.4, 0.5) is 5.13 Å². The van der Waals surface area contributed by atoms with Crippen LogP contribution >= 0.6 is 35.3 Å². The molecule has 0 amide bonds. The molecule has 0 aliphatic heterocycles. The molecule has 68 valence electrons. The molecule has 0 bridgehead atoms. The Bertz CT molecular complexity index is 268. The van der Waals surface area contributed by atoms with Gasteiger partial charge < -0.3 is 11.5 Å². The van der Waals surface area contributed by atoms with Crippen LogP contribution in [0.5, 0.6) is 0 Å². The first-order valence-electron chi connectivity index (χ1n) is 2.82. The zero-order valence-electron chi connectivity index (χ0n) is 6.03. The molecule has 0 spiro atoms. The van der Waals surface area contributed by atoms with Crippen LogP contribution in [0.3, 0.4) is 0 Å². The number of hydrogen-bond acceptors (Lipinski definition) is 3. The van der Waals surface area contributed by atoms with Gasteiger partial charge in [0.2, 0.25) is 5.13 Å². The Morgan fingerprint density at radius 2 is 2.33 bits per heavy atom. The van der Waals surface area contributed by atoms with Crippen molar-refractivity contribution in [3.63, 3.8) is 0 Å². The highest BCUT2D eigenvalue weighted by Gasteiger charge is 1.98. The summed E-state index contributed by atoms with van der Waals surface area (Å²) in [4.78, 5) is 8.61. The lowest BCUT2D eigenvalue weighted by Crippen LogP contribution is -2.21. The van der Waals surface area contributed by atoms with Crippen LogP contribution < -0.4 is 11.5 Å². The van der Waals surface area contributed by atoms with Crippen molar-refractivity contribution in [1.82, 2.24) is 4.98 Å². The van der Waals surface area contributed by atoms with Gasteiger partial charge in [-0.2, -0.15) is 4.99 Å². The lowest BCUT2D eigenvalue weighted by molar-refractivity contribution is 1.31. The average molecular weight is 227 g/mol. The molecule has 0 fully saturated rings. The van der Waals surface area contributed by atoms with Crippen LogP contribution in [-0.4, -0.2) is 10.9 Å². The van der Waals surface area contributed by atoms with Gasteiger partial charge in [0.05, 0.1) is 5.88 Å². The first-order chi connectivity index (χ1) is 5.22. The number of rotatable bonds is 2. The number of hydrogen-bond donors (Lipinski definition) is 2. The Balaban J connectivity index is 0.00000121. The average Bonchev–Trinajstić information content (AvgIpc) is 2.34. The predicted molar refractivity (Wildman–Crippen MR) is 54.4 cm³/mol. The van der Waals surface area contributed by atoms with Crippen molar-refractivity contribution in [3.8, 4) is 0 Å². The highest BCUT2D eigenvalue weighted by atomic mass is 35.5. The van der Waals surface area contributed by atoms with E-state index in [0.29, 0.717) is 11.0 Å². The monoisotopic (exact) mass is 226 g/mol. The van der Waals surface area contributed by atoms with Crippen molar-refractivity contribution in [3.05, 3.63) is 11.1 Å². The Morgan fingerprint density at radius 1 is 1.67 bits per heavy atom. The maximum absolute atomic E-state index is 5.54. The number of thiazole rings is 1. The van der Waals surface area contributed by atoms with Crippen LogP contribution in [0, 0.1) is 0 Å². The fraction of sp³-hybridized carbons (Fsp3) is 0.200. The Kier molecular flexibility index (Phi) is 4.96. The minimum Gasteiger partial charge on any atom is -0.370 e. The second-order valence-corrected chi connectivity index (χ2v) is 3.14. The summed E-state index contributed by atoms with van der Waals surface area (Å²) in [5.74, 6) is 0.456. The van der Waals surface area contributed by atoms with E-state index < -0.39 is 0 Å². The van der Waals surface area contributed by atoms with E-state index in [1.807, 2.05) is 0 Å². The SMILES string of the molecule is Cl.NC(N)=Nc1ncc(CCl)s1. The zero-order valence-corrected chi connectivity index (χ0v) is 8.42. The summed E-state index contributed by atoms with van der Waals surface area (Å²) in [6.07, 6.45) is 1.65. The molecule has 0 unspecified atom stereocenters. The van der Waals surface area contributed by atoms with E-state index in [1.165, 1.54) is 11.3 Å². The number of aliphatic imine (C=N–C) groups is 1. The van der Waals surface area contributed by atoms with Gasteiger partial charge in [0.1, 0.15) is 0 Å². The molecule has 4 nitrogen and oxygen atoms in total. The van der Waals surface area contributed by atoms with Gasteiger partial charge in [-0.15, -0.1) is 24.0 Å². The highest BCUT2D eigenvalue weighted by Crippen LogP contribution is 2.21. The molecule has 1 aromatic rings. The molecule has 4 N–H and O–H groups in total. The molecule has 1 rings (SSSR count). The minimum absolute atomic E-state index is 0. The molecular weight excluding hydrogens is 219 g/mol. The first kappa shape index (κ1) is 11.5. The summed E-state index contributed by atoms with van der Waals surface area (Å²) >= 11 is 6.91. The lowest BCUT2D eigenvalue weighted by Gasteiger charge is -1.85. The van der Waals surface area contributed by atoms with E-state index in [4.69, 9.17) is 23.1 Å². The summed E-state index contributed by atoms with van der Waals surface area (Å²) in [5.41, 5.74) is 10.3. The molecule has 0 saturated carbocycles. The standard InChI is InChI=1S/C5H7ClN4S.ClH/c6-1-3-2-9-5(11-3)10-4(7)8;/h2H,1H2,(H4,7,8,9,10);1H. The first-order valence-corrected chi connectivity index (χ1v) is 4.18. The molecule has 1 heterocycles. The van der Waals surface area contributed by atoms with Crippen LogP contribution in [0.2, 0.25) is 0 Å². The van der Waals surface area contributed by atoms with Gasteiger partial charge in [0, 0.05) is 11.1 Å².